The molecular weight excluding hydrogens is 340 g/mol. The second kappa shape index (κ2) is 9.19. The first-order valence-corrected chi connectivity index (χ1v) is 8.38. The lowest BCUT2D eigenvalue weighted by molar-refractivity contribution is 0.262. The molecule has 8 heteroatoms. The van der Waals surface area contributed by atoms with Crippen molar-refractivity contribution >= 4 is 35.1 Å². The average Bonchev–Trinajstić information content (AvgIpc) is 2.50. The topological polar surface area (TPSA) is 82.2 Å². The summed E-state index contributed by atoms with van der Waals surface area (Å²) in [4.78, 5) is 22.8. The Morgan fingerprint density at radius 1 is 1.20 bits per heavy atom. The zero-order chi connectivity index (χ0) is 18.2. The predicted molar refractivity (Wildman–Crippen MR) is 103 cm³/mol. The quantitative estimate of drug-likeness (QED) is 0.657. The maximum Gasteiger partial charge on any atom is 0.326 e. The number of nitrogens with one attached hydrogen (secondary N) is 3. The Hall–Kier alpha value is -2.38. The molecule has 0 spiro atoms. The van der Waals surface area contributed by atoms with Gasteiger partial charge in [-0.15, -0.1) is 0 Å². The van der Waals surface area contributed by atoms with Crippen LogP contribution in [-0.2, 0) is 0 Å². The number of anilines is 3. The van der Waals surface area contributed by atoms with Crippen LogP contribution in [-0.4, -0.2) is 48.1 Å². The summed E-state index contributed by atoms with van der Waals surface area (Å²) >= 11 is 5.90. The molecule has 0 atom stereocenters. The molecule has 0 unspecified atom stereocenters. The van der Waals surface area contributed by atoms with Crippen molar-refractivity contribution in [3.05, 3.63) is 41.0 Å². The van der Waals surface area contributed by atoms with E-state index in [4.69, 9.17) is 11.6 Å². The van der Waals surface area contributed by atoms with Gasteiger partial charge in [0.25, 0.3) is 0 Å². The molecule has 0 saturated heterocycles. The number of aryl methyl sites for hydroxylation is 1. The van der Waals surface area contributed by atoms with Crippen molar-refractivity contribution in [1.29, 1.82) is 0 Å². The lowest BCUT2D eigenvalue weighted by Gasteiger charge is -2.12. The molecule has 2 aromatic rings. The van der Waals surface area contributed by atoms with Crippen LogP contribution in [0.4, 0.5) is 22.2 Å². The van der Waals surface area contributed by atoms with Gasteiger partial charge in [0.05, 0.1) is 0 Å². The Balaban J connectivity index is 1.93. The fourth-order valence-electron chi connectivity index (χ4n) is 2.16. The first kappa shape index (κ1) is 19.0. The zero-order valence-electron chi connectivity index (χ0n) is 14.6. The van der Waals surface area contributed by atoms with Gasteiger partial charge in [-0.25, -0.2) is 9.78 Å². The van der Waals surface area contributed by atoms with E-state index in [2.05, 4.69) is 30.8 Å². The highest BCUT2D eigenvalue weighted by molar-refractivity contribution is 6.30. The van der Waals surface area contributed by atoms with Crippen molar-refractivity contribution in [3.63, 3.8) is 0 Å². The molecule has 0 aliphatic rings. The number of hydrogen-bond donors (Lipinski definition) is 3. The van der Waals surface area contributed by atoms with Crippen molar-refractivity contribution < 1.29 is 4.79 Å². The minimum Gasteiger partial charge on any atom is -0.370 e. The van der Waals surface area contributed by atoms with E-state index >= 15 is 0 Å². The molecule has 7 nitrogen and oxygen atoms in total. The molecule has 1 aromatic carbocycles. The number of carbonyl (C=O) groups excluding carboxylic acids is 1. The molecule has 25 heavy (non-hydrogen) atoms. The zero-order valence-corrected chi connectivity index (χ0v) is 15.4. The van der Waals surface area contributed by atoms with E-state index in [0.29, 0.717) is 16.5 Å². The predicted octanol–water partition coefficient (Wildman–Crippen LogP) is 3.45. The van der Waals surface area contributed by atoms with Crippen LogP contribution in [0.3, 0.4) is 0 Å². The van der Waals surface area contributed by atoms with Gasteiger partial charge in [0.15, 0.2) is 0 Å². The average molecular weight is 363 g/mol. The van der Waals surface area contributed by atoms with Gasteiger partial charge >= 0.3 is 6.03 Å². The minimum atomic E-state index is -0.425. The molecule has 1 aromatic heterocycles. The summed E-state index contributed by atoms with van der Waals surface area (Å²) in [5, 5.41) is 9.13. The van der Waals surface area contributed by atoms with Crippen molar-refractivity contribution in [1.82, 2.24) is 14.9 Å². The number of nitrogens with zero attached hydrogens (tertiary/aromatic N) is 3. The van der Waals surface area contributed by atoms with Crippen LogP contribution in [0.25, 0.3) is 0 Å². The molecular formula is C17H23ClN6O. The van der Waals surface area contributed by atoms with E-state index in [9.17, 15) is 4.79 Å². The molecule has 0 bridgehead atoms. The molecule has 3 N–H and O–H groups in total. The monoisotopic (exact) mass is 362 g/mol. The Labute approximate surface area is 152 Å². The number of halogens is 1. The number of amides is 2. The summed E-state index contributed by atoms with van der Waals surface area (Å²) in [6, 6.07) is 8.33. The molecule has 0 radical (unpaired) electrons. The second-order valence-electron chi connectivity index (χ2n) is 5.89. The number of hydrogen-bond acceptors (Lipinski definition) is 5. The smallest absolute Gasteiger partial charge is 0.326 e. The maximum atomic E-state index is 12.1. The van der Waals surface area contributed by atoms with Gasteiger partial charge in [0.2, 0.25) is 5.95 Å². The lowest BCUT2D eigenvalue weighted by Crippen LogP contribution is -2.21. The van der Waals surface area contributed by atoms with Crippen molar-refractivity contribution in [2.24, 2.45) is 0 Å². The number of carbonyl (C=O) groups is 1. The fraction of sp³-hybridized carbons (Fsp3) is 0.353. The van der Waals surface area contributed by atoms with Gasteiger partial charge in [-0.1, -0.05) is 17.7 Å². The highest BCUT2D eigenvalue weighted by atomic mass is 35.5. The summed E-state index contributed by atoms with van der Waals surface area (Å²) in [5.41, 5.74) is 1.36. The minimum absolute atomic E-state index is 0.245. The van der Waals surface area contributed by atoms with Gasteiger partial charge in [-0.05, 0) is 52.2 Å². The van der Waals surface area contributed by atoms with E-state index in [0.717, 1.165) is 25.2 Å². The highest BCUT2D eigenvalue weighted by Crippen LogP contribution is 2.15. The fourth-order valence-corrected chi connectivity index (χ4v) is 2.35. The van der Waals surface area contributed by atoms with E-state index in [-0.39, 0.29) is 5.95 Å². The summed E-state index contributed by atoms with van der Waals surface area (Å²) in [5.74, 6) is 0.930. The Morgan fingerprint density at radius 3 is 2.72 bits per heavy atom. The van der Waals surface area contributed by atoms with E-state index < -0.39 is 6.03 Å². The number of aromatic nitrogens is 2. The van der Waals surface area contributed by atoms with E-state index in [1.54, 1.807) is 24.3 Å². The van der Waals surface area contributed by atoms with Crippen LogP contribution in [0.5, 0.6) is 0 Å². The van der Waals surface area contributed by atoms with Crippen LogP contribution in [0.2, 0.25) is 5.02 Å². The first-order valence-electron chi connectivity index (χ1n) is 8.00. The van der Waals surface area contributed by atoms with Crippen LogP contribution in [0.15, 0.2) is 30.3 Å². The van der Waals surface area contributed by atoms with Crippen LogP contribution >= 0.6 is 11.6 Å². The summed E-state index contributed by atoms with van der Waals surface area (Å²) in [6.45, 7) is 3.64. The molecule has 0 aliphatic carbocycles. The maximum absolute atomic E-state index is 12.1. The molecule has 134 valence electrons. The van der Waals surface area contributed by atoms with Gasteiger partial charge < -0.3 is 15.5 Å². The van der Waals surface area contributed by atoms with E-state index in [1.807, 2.05) is 27.1 Å². The summed E-state index contributed by atoms with van der Waals surface area (Å²) in [6.07, 6.45) is 0.994. The number of benzene rings is 1. The second-order valence-corrected chi connectivity index (χ2v) is 6.33. The third-order valence-electron chi connectivity index (χ3n) is 3.25. The van der Waals surface area contributed by atoms with Crippen molar-refractivity contribution in [2.75, 3.05) is 43.1 Å². The van der Waals surface area contributed by atoms with Gasteiger partial charge in [0, 0.05) is 29.0 Å². The van der Waals surface area contributed by atoms with Crippen LogP contribution in [0, 0.1) is 6.92 Å². The molecule has 0 saturated carbocycles. The van der Waals surface area contributed by atoms with Crippen molar-refractivity contribution in [3.8, 4) is 0 Å². The molecule has 2 rings (SSSR count). The Kier molecular flexibility index (Phi) is 6.97. The third-order valence-corrected chi connectivity index (χ3v) is 3.49. The Morgan fingerprint density at radius 2 is 2.00 bits per heavy atom. The van der Waals surface area contributed by atoms with Gasteiger partial charge in [0.1, 0.15) is 5.82 Å². The molecule has 1 heterocycles. The normalized spacial score (nSPS) is 10.6. The lowest BCUT2D eigenvalue weighted by atomic mass is 10.3. The molecule has 2 amide bonds. The standard InChI is InChI=1S/C17H23ClN6O/c1-12-10-15(19-8-5-9-24(2)3)22-16(20-12)23-17(25)21-14-7-4-6-13(18)11-14/h4,6-7,10-11H,5,8-9H2,1-3H3,(H3,19,20,21,22,23,25). The van der Waals surface area contributed by atoms with Gasteiger partial charge in [-0.3, -0.25) is 5.32 Å². The summed E-state index contributed by atoms with van der Waals surface area (Å²) in [7, 11) is 4.07. The summed E-state index contributed by atoms with van der Waals surface area (Å²) < 4.78 is 0. The molecule has 0 fully saturated rings. The SMILES string of the molecule is Cc1cc(NCCCN(C)C)nc(NC(=O)Nc2cccc(Cl)c2)n1. The number of urea groups is 1. The van der Waals surface area contributed by atoms with Crippen LogP contribution < -0.4 is 16.0 Å². The third kappa shape index (κ3) is 6.94. The van der Waals surface area contributed by atoms with Crippen LogP contribution in [0.1, 0.15) is 12.1 Å². The molecule has 0 aliphatic heterocycles. The van der Waals surface area contributed by atoms with Crippen molar-refractivity contribution in [2.45, 2.75) is 13.3 Å². The van der Waals surface area contributed by atoms with E-state index in [1.165, 1.54) is 0 Å². The Bertz CT molecular complexity index is 722. The first-order chi connectivity index (χ1) is 11.9. The van der Waals surface area contributed by atoms with Gasteiger partial charge in [-0.2, -0.15) is 4.98 Å². The number of rotatable bonds is 7. The highest BCUT2D eigenvalue weighted by Gasteiger charge is 2.07. The largest absolute Gasteiger partial charge is 0.370 e.